The molecule has 2 N–H and O–H groups in total. The zero-order valence-electron chi connectivity index (χ0n) is 12.2. The van der Waals surface area contributed by atoms with E-state index in [2.05, 4.69) is 10.3 Å². The normalized spacial score (nSPS) is 17.8. The fraction of sp³-hybridized carbons (Fsp3) is 0.400. The molecule has 0 saturated carbocycles. The van der Waals surface area contributed by atoms with Crippen molar-refractivity contribution in [1.29, 1.82) is 0 Å². The lowest BCUT2D eigenvalue weighted by atomic mass is 10.1. The molecule has 1 saturated heterocycles. The van der Waals surface area contributed by atoms with E-state index in [9.17, 15) is 9.59 Å². The lowest BCUT2D eigenvalue weighted by molar-refractivity contribution is 0.0858. The monoisotopic (exact) mass is 319 g/mol. The van der Waals surface area contributed by atoms with Crippen molar-refractivity contribution < 1.29 is 9.53 Å². The van der Waals surface area contributed by atoms with Crippen LogP contribution in [0.3, 0.4) is 0 Å². The molecule has 1 atom stereocenters. The smallest absolute Gasteiger partial charge is 0.261 e. The Hall–Kier alpha value is -1.99. The van der Waals surface area contributed by atoms with E-state index in [0.29, 0.717) is 27.8 Å². The number of aromatic nitrogens is 2. The van der Waals surface area contributed by atoms with Crippen LogP contribution in [0.1, 0.15) is 23.2 Å². The van der Waals surface area contributed by atoms with E-state index >= 15 is 0 Å². The van der Waals surface area contributed by atoms with E-state index in [-0.39, 0.29) is 17.6 Å². The second-order valence-corrected chi connectivity index (χ2v) is 5.79. The van der Waals surface area contributed by atoms with Crippen molar-refractivity contribution in [2.45, 2.75) is 18.9 Å². The molecule has 2 heterocycles. The summed E-state index contributed by atoms with van der Waals surface area (Å²) < 4.78 is 7.17. The molecular formula is C15H17N3O3S. The number of carbonyl (C=O) groups excluding carboxylic acids is 1. The molecule has 1 aliphatic rings. The number of carbonyl (C=O) groups is 1. The molecular weight excluding hydrogens is 302 g/mol. The first-order valence-electron chi connectivity index (χ1n) is 7.19. The molecule has 2 aromatic rings. The van der Waals surface area contributed by atoms with Gasteiger partial charge in [-0.1, -0.05) is 0 Å². The number of fused-ring (bicyclic) bond motifs is 1. The van der Waals surface area contributed by atoms with E-state index in [1.165, 1.54) is 4.57 Å². The summed E-state index contributed by atoms with van der Waals surface area (Å²) in [5, 5.41) is 3.37. The molecule has 22 heavy (non-hydrogen) atoms. The summed E-state index contributed by atoms with van der Waals surface area (Å²) in [4.78, 5) is 27.2. The fourth-order valence-corrected chi connectivity index (χ4v) is 2.75. The average Bonchev–Trinajstić information content (AvgIpc) is 3.03. The average molecular weight is 319 g/mol. The number of amides is 1. The van der Waals surface area contributed by atoms with Crippen molar-refractivity contribution in [1.82, 2.24) is 14.9 Å². The lowest BCUT2D eigenvalue weighted by Crippen LogP contribution is -2.31. The van der Waals surface area contributed by atoms with Crippen molar-refractivity contribution in [2.24, 2.45) is 7.05 Å². The minimum Gasteiger partial charge on any atom is -0.376 e. The molecule has 1 aliphatic heterocycles. The van der Waals surface area contributed by atoms with Gasteiger partial charge in [-0.15, -0.1) is 0 Å². The topological polar surface area (TPSA) is 76.1 Å². The number of nitrogens with one attached hydrogen (secondary N) is 2. The van der Waals surface area contributed by atoms with Gasteiger partial charge >= 0.3 is 0 Å². The Bertz CT molecular complexity index is 834. The van der Waals surface area contributed by atoms with Gasteiger partial charge in [0.15, 0.2) is 4.77 Å². The third-order valence-corrected chi connectivity index (χ3v) is 4.25. The summed E-state index contributed by atoms with van der Waals surface area (Å²) in [6, 6.07) is 4.94. The zero-order chi connectivity index (χ0) is 15.7. The van der Waals surface area contributed by atoms with Crippen LogP contribution in [-0.4, -0.2) is 34.7 Å². The summed E-state index contributed by atoms with van der Waals surface area (Å²) >= 11 is 5.09. The van der Waals surface area contributed by atoms with Gasteiger partial charge in [0.05, 0.1) is 17.0 Å². The van der Waals surface area contributed by atoms with Crippen LogP contribution in [0.5, 0.6) is 0 Å². The number of benzene rings is 1. The van der Waals surface area contributed by atoms with Crippen LogP contribution in [0, 0.1) is 4.77 Å². The van der Waals surface area contributed by atoms with Gasteiger partial charge in [-0.3, -0.25) is 14.2 Å². The Morgan fingerprint density at radius 2 is 2.36 bits per heavy atom. The van der Waals surface area contributed by atoms with Crippen molar-refractivity contribution in [3.8, 4) is 0 Å². The van der Waals surface area contributed by atoms with Crippen LogP contribution in [0.4, 0.5) is 0 Å². The quantitative estimate of drug-likeness (QED) is 0.841. The summed E-state index contributed by atoms with van der Waals surface area (Å²) in [6.45, 7) is 1.26. The highest BCUT2D eigenvalue weighted by atomic mass is 32.1. The number of rotatable bonds is 3. The molecule has 1 amide bonds. The van der Waals surface area contributed by atoms with Gasteiger partial charge in [0, 0.05) is 25.8 Å². The highest BCUT2D eigenvalue weighted by Gasteiger charge is 2.17. The molecule has 1 aromatic carbocycles. The number of hydrogen-bond donors (Lipinski definition) is 2. The van der Waals surface area contributed by atoms with Crippen LogP contribution < -0.4 is 10.9 Å². The minimum absolute atomic E-state index is 0.0995. The maximum Gasteiger partial charge on any atom is 0.261 e. The molecule has 0 aliphatic carbocycles. The molecule has 1 unspecified atom stereocenters. The van der Waals surface area contributed by atoms with Crippen molar-refractivity contribution in [2.75, 3.05) is 13.2 Å². The fourth-order valence-electron chi connectivity index (χ4n) is 2.56. The van der Waals surface area contributed by atoms with Crippen molar-refractivity contribution >= 4 is 29.0 Å². The summed E-state index contributed by atoms with van der Waals surface area (Å²) in [6.07, 6.45) is 2.11. The van der Waals surface area contributed by atoms with Gasteiger partial charge in [0.2, 0.25) is 0 Å². The SMILES string of the molecule is Cn1c(=S)[nH]c2cc(C(=O)NCC3CCCO3)ccc2c1=O. The predicted molar refractivity (Wildman–Crippen MR) is 85.7 cm³/mol. The van der Waals surface area contributed by atoms with E-state index < -0.39 is 0 Å². The first-order chi connectivity index (χ1) is 10.6. The third kappa shape index (κ3) is 2.82. The van der Waals surface area contributed by atoms with Crippen LogP contribution in [0.25, 0.3) is 10.9 Å². The van der Waals surface area contributed by atoms with E-state index in [4.69, 9.17) is 17.0 Å². The number of aromatic amines is 1. The van der Waals surface area contributed by atoms with Gasteiger partial charge in [-0.25, -0.2) is 0 Å². The van der Waals surface area contributed by atoms with E-state index in [1.807, 2.05) is 0 Å². The maximum absolute atomic E-state index is 12.2. The van der Waals surface area contributed by atoms with Gasteiger partial charge in [0.25, 0.3) is 11.5 Å². The highest BCUT2D eigenvalue weighted by molar-refractivity contribution is 7.71. The minimum atomic E-state index is -0.183. The number of H-pyrrole nitrogens is 1. The van der Waals surface area contributed by atoms with Gasteiger partial charge in [0.1, 0.15) is 0 Å². The lowest BCUT2D eigenvalue weighted by Gasteiger charge is -2.11. The Morgan fingerprint density at radius 1 is 1.55 bits per heavy atom. The van der Waals surface area contributed by atoms with Crippen LogP contribution in [0.2, 0.25) is 0 Å². The summed E-state index contributed by atoms with van der Waals surface area (Å²) in [7, 11) is 1.61. The Morgan fingerprint density at radius 3 is 3.09 bits per heavy atom. The summed E-state index contributed by atoms with van der Waals surface area (Å²) in [5.74, 6) is -0.183. The van der Waals surface area contributed by atoms with Crippen LogP contribution in [-0.2, 0) is 11.8 Å². The zero-order valence-corrected chi connectivity index (χ0v) is 13.0. The van der Waals surface area contributed by atoms with Gasteiger partial charge in [-0.2, -0.15) is 0 Å². The Kier molecular flexibility index (Phi) is 4.08. The van der Waals surface area contributed by atoms with Gasteiger partial charge < -0.3 is 15.0 Å². The maximum atomic E-state index is 12.2. The first-order valence-corrected chi connectivity index (χ1v) is 7.60. The van der Waals surface area contributed by atoms with Crippen LogP contribution in [0.15, 0.2) is 23.0 Å². The molecule has 116 valence electrons. The first kappa shape index (κ1) is 14.9. The molecule has 7 heteroatoms. The van der Waals surface area contributed by atoms with E-state index in [0.717, 1.165) is 19.4 Å². The third-order valence-electron chi connectivity index (χ3n) is 3.88. The standard InChI is InChI=1S/C15H17N3O3S/c1-18-14(20)11-5-4-9(7-12(11)17-15(18)22)13(19)16-8-10-3-2-6-21-10/h4-5,7,10H,2-3,6,8H2,1H3,(H,16,19)(H,17,22). The predicted octanol–water partition coefficient (Wildman–Crippen LogP) is 1.50. The van der Waals surface area contributed by atoms with E-state index in [1.54, 1.807) is 25.2 Å². The molecule has 3 rings (SSSR count). The second-order valence-electron chi connectivity index (χ2n) is 5.40. The number of ether oxygens (including phenoxy) is 1. The van der Waals surface area contributed by atoms with Crippen LogP contribution >= 0.6 is 12.2 Å². The molecule has 1 aromatic heterocycles. The highest BCUT2D eigenvalue weighted by Crippen LogP contribution is 2.12. The van der Waals surface area contributed by atoms with Gasteiger partial charge in [-0.05, 0) is 43.3 Å². The molecule has 1 fully saturated rings. The molecule has 0 spiro atoms. The van der Waals surface area contributed by atoms with Crippen molar-refractivity contribution in [3.63, 3.8) is 0 Å². The molecule has 6 nitrogen and oxygen atoms in total. The number of nitrogens with zero attached hydrogens (tertiary/aromatic N) is 1. The second kappa shape index (κ2) is 6.02. The molecule has 0 radical (unpaired) electrons. The summed E-state index contributed by atoms with van der Waals surface area (Å²) in [5.41, 5.74) is 0.882. The Balaban J connectivity index is 1.85. The molecule has 0 bridgehead atoms. The Labute approximate surface area is 132 Å². The van der Waals surface area contributed by atoms with Crippen molar-refractivity contribution in [3.05, 3.63) is 38.9 Å². The number of hydrogen-bond acceptors (Lipinski definition) is 4. The largest absolute Gasteiger partial charge is 0.376 e.